The van der Waals surface area contributed by atoms with Gasteiger partial charge >= 0.3 is 0 Å². The Kier molecular flexibility index (Phi) is 1.92. The van der Waals surface area contributed by atoms with Crippen molar-refractivity contribution in [2.75, 3.05) is 7.05 Å². The standard InChI is InChI=1S/C10H19N/c1-3-10-8-4-6-9(7-5-8)11(10)2/h8-10H,3-7H2,1-2H3/t8?,9?,10-/m0/s1. The third-order valence-electron chi connectivity index (χ3n) is 3.80. The third-order valence-corrected chi connectivity index (χ3v) is 3.80. The normalized spacial score (nSPS) is 44.7. The maximum absolute atomic E-state index is 2.64. The van der Waals surface area contributed by atoms with E-state index in [9.17, 15) is 0 Å². The second-order valence-corrected chi connectivity index (χ2v) is 4.21. The van der Waals surface area contributed by atoms with Gasteiger partial charge in [0, 0.05) is 12.1 Å². The zero-order chi connectivity index (χ0) is 7.84. The second kappa shape index (κ2) is 2.78. The van der Waals surface area contributed by atoms with E-state index in [2.05, 4.69) is 18.9 Å². The van der Waals surface area contributed by atoms with Gasteiger partial charge in [0.15, 0.2) is 0 Å². The Balaban J connectivity index is 2.10. The third kappa shape index (κ3) is 1.10. The van der Waals surface area contributed by atoms with Crippen LogP contribution < -0.4 is 0 Å². The lowest BCUT2D eigenvalue weighted by Crippen LogP contribution is -2.52. The quantitative estimate of drug-likeness (QED) is 0.558. The van der Waals surface area contributed by atoms with Gasteiger partial charge in [-0.2, -0.15) is 0 Å². The lowest BCUT2D eigenvalue weighted by atomic mass is 9.74. The van der Waals surface area contributed by atoms with Crippen LogP contribution in [0.25, 0.3) is 0 Å². The van der Waals surface area contributed by atoms with Crippen molar-refractivity contribution < 1.29 is 0 Å². The van der Waals surface area contributed by atoms with Crippen molar-refractivity contribution in [2.45, 2.75) is 51.1 Å². The molecule has 3 aliphatic rings. The minimum atomic E-state index is 0.919. The zero-order valence-corrected chi connectivity index (χ0v) is 7.71. The smallest absolute Gasteiger partial charge is 0.0121 e. The van der Waals surface area contributed by atoms with E-state index in [4.69, 9.17) is 0 Å². The maximum atomic E-state index is 2.64. The second-order valence-electron chi connectivity index (χ2n) is 4.21. The first-order valence-corrected chi connectivity index (χ1v) is 5.05. The monoisotopic (exact) mass is 153 g/mol. The first-order chi connectivity index (χ1) is 5.33. The molecule has 2 aliphatic heterocycles. The van der Waals surface area contributed by atoms with Gasteiger partial charge in [-0.05, 0) is 45.1 Å². The van der Waals surface area contributed by atoms with Crippen LogP contribution in [0.4, 0.5) is 0 Å². The zero-order valence-electron chi connectivity index (χ0n) is 7.71. The number of rotatable bonds is 1. The fraction of sp³-hybridized carbons (Fsp3) is 1.00. The SMILES string of the molecule is CC[C@H]1C2CCC(CC2)N1C. The fourth-order valence-electron chi connectivity index (χ4n) is 3.12. The minimum Gasteiger partial charge on any atom is -0.300 e. The topological polar surface area (TPSA) is 3.24 Å². The first-order valence-electron chi connectivity index (χ1n) is 5.05. The van der Waals surface area contributed by atoms with Crippen molar-refractivity contribution >= 4 is 0 Å². The highest BCUT2D eigenvalue weighted by Gasteiger charge is 2.38. The molecule has 2 heterocycles. The predicted molar refractivity (Wildman–Crippen MR) is 47.6 cm³/mol. The van der Waals surface area contributed by atoms with Crippen LogP contribution in [-0.2, 0) is 0 Å². The van der Waals surface area contributed by atoms with Gasteiger partial charge in [0.05, 0.1) is 0 Å². The Morgan fingerprint density at radius 3 is 2.18 bits per heavy atom. The Morgan fingerprint density at radius 1 is 1.18 bits per heavy atom. The molecule has 11 heavy (non-hydrogen) atoms. The van der Waals surface area contributed by atoms with Crippen molar-refractivity contribution in [1.29, 1.82) is 0 Å². The van der Waals surface area contributed by atoms with Crippen LogP contribution in [0.1, 0.15) is 39.0 Å². The summed E-state index contributed by atoms with van der Waals surface area (Å²) in [6.07, 6.45) is 7.31. The van der Waals surface area contributed by atoms with Crippen molar-refractivity contribution in [1.82, 2.24) is 4.90 Å². The molecular weight excluding hydrogens is 134 g/mol. The molecule has 3 fully saturated rings. The predicted octanol–water partition coefficient (Wildman–Crippen LogP) is 2.27. The lowest BCUT2D eigenvalue weighted by molar-refractivity contribution is 0.00689. The summed E-state index contributed by atoms with van der Waals surface area (Å²) in [6, 6.07) is 1.85. The molecule has 1 aliphatic carbocycles. The van der Waals surface area contributed by atoms with E-state index in [1.165, 1.54) is 32.1 Å². The van der Waals surface area contributed by atoms with Gasteiger partial charge in [-0.25, -0.2) is 0 Å². The molecule has 2 saturated heterocycles. The van der Waals surface area contributed by atoms with Crippen LogP contribution in [0.15, 0.2) is 0 Å². The molecule has 0 unspecified atom stereocenters. The van der Waals surface area contributed by atoms with E-state index >= 15 is 0 Å². The molecule has 64 valence electrons. The van der Waals surface area contributed by atoms with Crippen LogP contribution in [0.2, 0.25) is 0 Å². The summed E-state index contributed by atoms with van der Waals surface area (Å²) in [6.45, 7) is 2.34. The Labute approximate surface area is 69.8 Å². The molecule has 0 aromatic carbocycles. The summed E-state index contributed by atoms with van der Waals surface area (Å²) < 4.78 is 0. The molecule has 0 radical (unpaired) electrons. The van der Waals surface area contributed by atoms with Gasteiger partial charge in [0.25, 0.3) is 0 Å². The Morgan fingerprint density at radius 2 is 1.82 bits per heavy atom. The molecule has 1 atom stereocenters. The maximum Gasteiger partial charge on any atom is 0.0121 e. The van der Waals surface area contributed by atoms with Crippen molar-refractivity contribution in [2.24, 2.45) is 5.92 Å². The van der Waals surface area contributed by atoms with Crippen molar-refractivity contribution in [3.63, 3.8) is 0 Å². The molecule has 1 heteroatoms. The molecule has 0 N–H and O–H groups in total. The van der Waals surface area contributed by atoms with Crippen LogP contribution in [-0.4, -0.2) is 24.0 Å². The molecule has 0 aromatic rings. The molecule has 1 nitrogen and oxygen atoms in total. The van der Waals surface area contributed by atoms with Crippen molar-refractivity contribution in [3.8, 4) is 0 Å². The van der Waals surface area contributed by atoms with Gasteiger partial charge in [-0.1, -0.05) is 6.92 Å². The number of fused-ring (bicyclic) bond motifs is 3. The van der Waals surface area contributed by atoms with E-state index in [1.54, 1.807) is 0 Å². The summed E-state index contributed by atoms with van der Waals surface area (Å²) in [4.78, 5) is 2.64. The van der Waals surface area contributed by atoms with Gasteiger partial charge in [0.2, 0.25) is 0 Å². The minimum absolute atomic E-state index is 0.919. The van der Waals surface area contributed by atoms with Gasteiger partial charge in [-0.3, -0.25) is 0 Å². The van der Waals surface area contributed by atoms with E-state index in [0.717, 1.165) is 18.0 Å². The average molecular weight is 153 g/mol. The Hall–Kier alpha value is -0.0400. The number of hydrogen-bond donors (Lipinski definition) is 0. The van der Waals surface area contributed by atoms with Gasteiger partial charge in [0.1, 0.15) is 0 Å². The summed E-state index contributed by atoms with van der Waals surface area (Å²) in [5.41, 5.74) is 0. The van der Waals surface area contributed by atoms with E-state index in [-0.39, 0.29) is 0 Å². The molecule has 2 bridgehead atoms. The summed E-state index contributed by atoms with van der Waals surface area (Å²) in [5, 5.41) is 0. The van der Waals surface area contributed by atoms with Crippen LogP contribution in [0.3, 0.4) is 0 Å². The summed E-state index contributed by atoms with van der Waals surface area (Å²) in [7, 11) is 2.32. The van der Waals surface area contributed by atoms with Crippen LogP contribution in [0.5, 0.6) is 0 Å². The summed E-state index contributed by atoms with van der Waals surface area (Å²) >= 11 is 0. The largest absolute Gasteiger partial charge is 0.300 e. The molecule has 1 saturated carbocycles. The molecule has 0 spiro atoms. The first kappa shape index (κ1) is 7.60. The molecule has 3 rings (SSSR count). The van der Waals surface area contributed by atoms with Crippen molar-refractivity contribution in [3.05, 3.63) is 0 Å². The van der Waals surface area contributed by atoms with Gasteiger partial charge in [-0.15, -0.1) is 0 Å². The molecule has 0 aromatic heterocycles. The van der Waals surface area contributed by atoms with E-state index in [0.29, 0.717) is 0 Å². The Bertz CT molecular complexity index is 134. The fourth-order valence-corrected chi connectivity index (χ4v) is 3.12. The van der Waals surface area contributed by atoms with Crippen LogP contribution >= 0.6 is 0 Å². The van der Waals surface area contributed by atoms with E-state index < -0.39 is 0 Å². The number of nitrogens with zero attached hydrogens (tertiary/aromatic N) is 1. The molecular formula is C10H19N. The van der Waals surface area contributed by atoms with Gasteiger partial charge < -0.3 is 4.90 Å². The highest BCUT2D eigenvalue weighted by molar-refractivity contribution is 4.92. The lowest BCUT2D eigenvalue weighted by Gasteiger charge is -2.49. The molecule has 0 amide bonds. The highest BCUT2D eigenvalue weighted by atomic mass is 15.2. The number of hydrogen-bond acceptors (Lipinski definition) is 1. The highest BCUT2D eigenvalue weighted by Crippen LogP contribution is 2.39. The van der Waals surface area contributed by atoms with Crippen LogP contribution in [0, 0.1) is 5.92 Å². The number of piperidine rings is 2. The average Bonchev–Trinajstić information content (AvgIpc) is 2.06. The van der Waals surface area contributed by atoms with E-state index in [1.807, 2.05) is 0 Å². The summed E-state index contributed by atoms with van der Waals surface area (Å²) in [5.74, 6) is 1.04.